The van der Waals surface area contributed by atoms with Gasteiger partial charge in [0.15, 0.2) is 0 Å². The van der Waals surface area contributed by atoms with E-state index in [9.17, 15) is 18.0 Å². The number of alkyl halides is 3. The summed E-state index contributed by atoms with van der Waals surface area (Å²) < 4.78 is 42.5. The Kier molecular flexibility index (Phi) is 8.87. The zero-order valence-electron chi connectivity index (χ0n) is 21.1. The Balaban J connectivity index is 1.33. The van der Waals surface area contributed by atoms with E-state index in [4.69, 9.17) is 4.74 Å². The van der Waals surface area contributed by atoms with Crippen molar-refractivity contribution in [3.8, 4) is 17.6 Å². The molecule has 1 saturated heterocycles. The van der Waals surface area contributed by atoms with Crippen LogP contribution >= 0.6 is 0 Å². The lowest BCUT2D eigenvalue weighted by atomic mass is 10.1. The van der Waals surface area contributed by atoms with Gasteiger partial charge in [0, 0.05) is 61.3 Å². The van der Waals surface area contributed by atoms with Gasteiger partial charge in [-0.3, -0.25) is 14.7 Å². The largest absolute Gasteiger partial charge is 0.492 e. The molecule has 1 aliphatic heterocycles. The van der Waals surface area contributed by atoms with Crippen LogP contribution in [-0.2, 0) is 6.54 Å². The van der Waals surface area contributed by atoms with Crippen LogP contribution in [0, 0.1) is 11.8 Å². The van der Waals surface area contributed by atoms with Crippen molar-refractivity contribution in [2.24, 2.45) is 0 Å². The number of halogens is 3. The summed E-state index contributed by atoms with van der Waals surface area (Å²) in [7, 11) is 0. The number of nitrogens with one attached hydrogen (secondary N) is 1. The van der Waals surface area contributed by atoms with Crippen LogP contribution in [0.25, 0.3) is 0 Å². The molecule has 1 fully saturated rings. The molecule has 0 bridgehead atoms. The van der Waals surface area contributed by atoms with Gasteiger partial charge in [0.1, 0.15) is 12.3 Å². The van der Waals surface area contributed by atoms with Gasteiger partial charge in [-0.15, -0.1) is 0 Å². The molecule has 2 aromatic carbocycles. The topological polar surface area (TPSA) is 57.7 Å². The lowest BCUT2D eigenvalue weighted by Crippen LogP contribution is -2.46. The van der Waals surface area contributed by atoms with Crippen LogP contribution in [0.5, 0.6) is 5.75 Å². The summed E-state index contributed by atoms with van der Waals surface area (Å²) in [6.07, 6.45) is -1.04. The standard InChI is InChI=1S/C29H29F3N4O2/c1-2-38-27-17-22(18-33-19-27)7-8-23-5-3-4-6-25(23)20-35-13-15-36(16-14-35)26-11-9-24(10-12-26)28(37)34-21-29(30,31)32/h3-6,9-12,17-19H,2,13-16,20-21H2,1H3,(H,34,37). The van der Waals surface area contributed by atoms with Crippen LogP contribution in [0.3, 0.4) is 0 Å². The number of hydrogen-bond donors (Lipinski definition) is 1. The Morgan fingerprint density at radius 2 is 1.76 bits per heavy atom. The fourth-order valence-electron chi connectivity index (χ4n) is 4.16. The molecular weight excluding hydrogens is 493 g/mol. The minimum Gasteiger partial charge on any atom is -0.492 e. The first-order chi connectivity index (χ1) is 18.3. The van der Waals surface area contributed by atoms with Crippen molar-refractivity contribution in [3.63, 3.8) is 0 Å². The van der Waals surface area contributed by atoms with Gasteiger partial charge in [0.25, 0.3) is 5.91 Å². The summed E-state index contributed by atoms with van der Waals surface area (Å²) in [5.41, 5.74) is 4.05. The Hall–Kier alpha value is -4.03. The monoisotopic (exact) mass is 522 g/mol. The smallest absolute Gasteiger partial charge is 0.405 e. The molecule has 1 aromatic heterocycles. The minimum atomic E-state index is -4.44. The third-order valence-electron chi connectivity index (χ3n) is 6.09. The molecule has 0 spiro atoms. The van der Waals surface area contributed by atoms with Gasteiger partial charge in [-0.2, -0.15) is 13.2 Å². The predicted molar refractivity (Wildman–Crippen MR) is 140 cm³/mol. The van der Waals surface area contributed by atoms with Gasteiger partial charge in [-0.1, -0.05) is 30.0 Å². The first-order valence-electron chi connectivity index (χ1n) is 12.4. The number of anilines is 1. The number of piperazine rings is 1. The molecule has 9 heteroatoms. The van der Waals surface area contributed by atoms with E-state index in [2.05, 4.69) is 32.7 Å². The van der Waals surface area contributed by atoms with E-state index in [0.717, 1.165) is 55.1 Å². The Bertz CT molecular complexity index is 1290. The minimum absolute atomic E-state index is 0.203. The molecule has 1 aliphatic rings. The van der Waals surface area contributed by atoms with E-state index in [0.29, 0.717) is 12.4 Å². The van der Waals surface area contributed by atoms with Crippen molar-refractivity contribution < 1.29 is 22.7 Å². The predicted octanol–water partition coefficient (Wildman–Crippen LogP) is 4.49. The maximum atomic E-state index is 12.3. The number of nitrogens with zero attached hydrogens (tertiary/aromatic N) is 3. The zero-order chi connectivity index (χ0) is 27.0. The fraction of sp³-hybridized carbons (Fsp3) is 0.310. The Labute approximate surface area is 220 Å². The molecular formula is C29H29F3N4O2. The average Bonchev–Trinajstić information content (AvgIpc) is 2.92. The molecule has 4 rings (SSSR count). The SMILES string of the molecule is CCOc1cncc(C#Cc2ccccc2CN2CCN(c3ccc(C(=O)NCC(F)(F)F)cc3)CC2)c1. The van der Waals surface area contributed by atoms with Crippen LogP contribution in [0.15, 0.2) is 67.0 Å². The second kappa shape index (κ2) is 12.5. The maximum Gasteiger partial charge on any atom is 0.405 e. The molecule has 6 nitrogen and oxygen atoms in total. The van der Waals surface area contributed by atoms with Crippen molar-refractivity contribution in [3.05, 3.63) is 89.2 Å². The van der Waals surface area contributed by atoms with E-state index >= 15 is 0 Å². The molecule has 0 aliphatic carbocycles. The first kappa shape index (κ1) is 27.0. The maximum absolute atomic E-state index is 12.3. The summed E-state index contributed by atoms with van der Waals surface area (Å²) in [6, 6.07) is 16.7. The second-order valence-corrected chi connectivity index (χ2v) is 8.86. The molecule has 0 radical (unpaired) electrons. The molecule has 1 amide bonds. The number of aromatic nitrogens is 1. The number of rotatable bonds is 7. The number of carbonyl (C=O) groups is 1. The number of carbonyl (C=O) groups excluding carboxylic acids is 1. The summed E-state index contributed by atoms with van der Waals surface area (Å²) in [4.78, 5) is 20.7. The van der Waals surface area contributed by atoms with Crippen LogP contribution in [0.2, 0.25) is 0 Å². The van der Waals surface area contributed by atoms with Crippen molar-refractivity contribution >= 4 is 11.6 Å². The number of ether oxygens (including phenoxy) is 1. The highest BCUT2D eigenvalue weighted by molar-refractivity contribution is 5.94. The molecule has 1 N–H and O–H groups in total. The van der Waals surface area contributed by atoms with E-state index < -0.39 is 18.6 Å². The summed E-state index contributed by atoms with van der Waals surface area (Å²) >= 11 is 0. The number of hydrogen-bond acceptors (Lipinski definition) is 5. The summed E-state index contributed by atoms with van der Waals surface area (Å²) in [5.74, 6) is 6.43. The lowest BCUT2D eigenvalue weighted by Gasteiger charge is -2.36. The highest BCUT2D eigenvalue weighted by Crippen LogP contribution is 2.20. The molecule has 198 valence electrons. The Morgan fingerprint density at radius 1 is 1.03 bits per heavy atom. The summed E-state index contributed by atoms with van der Waals surface area (Å²) in [6.45, 7) is 5.20. The normalized spacial score (nSPS) is 13.9. The van der Waals surface area contributed by atoms with Gasteiger partial charge in [0.2, 0.25) is 0 Å². The van der Waals surface area contributed by atoms with Gasteiger partial charge < -0.3 is 15.0 Å². The summed E-state index contributed by atoms with van der Waals surface area (Å²) in [5, 5.41) is 1.89. The fourth-order valence-corrected chi connectivity index (χ4v) is 4.16. The zero-order valence-corrected chi connectivity index (χ0v) is 21.1. The van der Waals surface area contributed by atoms with Crippen molar-refractivity contribution in [2.75, 3.05) is 44.2 Å². The third-order valence-corrected chi connectivity index (χ3v) is 6.09. The van der Waals surface area contributed by atoms with E-state index in [-0.39, 0.29) is 5.56 Å². The van der Waals surface area contributed by atoms with Crippen LogP contribution in [0.1, 0.15) is 34.0 Å². The van der Waals surface area contributed by atoms with Crippen LogP contribution in [0.4, 0.5) is 18.9 Å². The van der Waals surface area contributed by atoms with Crippen LogP contribution in [-0.4, -0.2) is 61.3 Å². The van der Waals surface area contributed by atoms with E-state index in [1.165, 1.54) is 0 Å². The number of pyridine rings is 1. The molecule has 38 heavy (non-hydrogen) atoms. The first-order valence-corrected chi connectivity index (χ1v) is 12.4. The van der Waals surface area contributed by atoms with Gasteiger partial charge >= 0.3 is 6.18 Å². The average molecular weight is 523 g/mol. The quantitative estimate of drug-likeness (QED) is 0.464. The highest BCUT2D eigenvalue weighted by Gasteiger charge is 2.28. The molecule has 0 unspecified atom stereocenters. The van der Waals surface area contributed by atoms with Crippen molar-refractivity contribution in [1.29, 1.82) is 0 Å². The van der Waals surface area contributed by atoms with E-state index in [1.54, 1.807) is 36.7 Å². The number of amides is 1. The Morgan fingerprint density at radius 3 is 2.47 bits per heavy atom. The highest BCUT2D eigenvalue weighted by atomic mass is 19.4. The molecule has 3 aromatic rings. The van der Waals surface area contributed by atoms with E-state index in [1.807, 2.05) is 36.5 Å². The van der Waals surface area contributed by atoms with Gasteiger partial charge in [0.05, 0.1) is 12.8 Å². The van der Waals surface area contributed by atoms with Gasteiger partial charge in [-0.05, 0) is 48.9 Å². The lowest BCUT2D eigenvalue weighted by molar-refractivity contribution is -0.123. The number of benzene rings is 2. The second-order valence-electron chi connectivity index (χ2n) is 8.86. The molecule has 0 atom stereocenters. The van der Waals surface area contributed by atoms with Crippen molar-refractivity contribution in [2.45, 2.75) is 19.6 Å². The van der Waals surface area contributed by atoms with Crippen LogP contribution < -0.4 is 15.0 Å². The third kappa shape index (κ3) is 7.73. The van der Waals surface area contributed by atoms with Gasteiger partial charge in [-0.25, -0.2) is 0 Å². The molecule has 2 heterocycles. The van der Waals surface area contributed by atoms with Crippen molar-refractivity contribution in [1.82, 2.24) is 15.2 Å². The molecule has 0 saturated carbocycles.